The van der Waals surface area contributed by atoms with Crippen molar-refractivity contribution in [3.63, 3.8) is 0 Å². The lowest BCUT2D eigenvalue weighted by molar-refractivity contribution is 0.0597. The van der Waals surface area contributed by atoms with Crippen LogP contribution >= 0.6 is 11.6 Å². The highest BCUT2D eigenvalue weighted by Gasteiger charge is 2.28. The zero-order valence-electron chi connectivity index (χ0n) is 13.7. The molecule has 2 rings (SSSR count). The Morgan fingerprint density at radius 2 is 1.96 bits per heavy atom. The predicted molar refractivity (Wildman–Crippen MR) is 88.4 cm³/mol. The average Bonchev–Trinajstić information content (AvgIpc) is 2.47. The fourth-order valence-electron chi connectivity index (χ4n) is 1.91. The van der Waals surface area contributed by atoms with E-state index in [0.717, 1.165) is 11.0 Å². The molecule has 0 aliphatic heterocycles. The maximum absolute atomic E-state index is 13.5. The maximum Gasteiger partial charge on any atom is 0.420 e. The molecule has 1 amide bonds. The zero-order chi connectivity index (χ0) is 17.9. The van der Waals surface area contributed by atoms with Crippen molar-refractivity contribution in [1.29, 1.82) is 0 Å². The van der Waals surface area contributed by atoms with Crippen molar-refractivity contribution in [2.75, 3.05) is 12.0 Å². The molecule has 0 saturated carbocycles. The van der Waals surface area contributed by atoms with Crippen LogP contribution in [0.2, 0.25) is 5.15 Å². The van der Waals surface area contributed by atoms with Crippen LogP contribution in [0.15, 0.2) is 30.6 Å². The largest absolute Gasteiger partial charge is 0.494 e. The van der Waals surface area contributed by atoms with Gasteiger partial charge in [0.1, 0.15) is 34.5 Å². The molecule has 1 aromatic heterocycles. The van der Waals surface area contributed by atoms with Gasteiger partial charge in [0, 0.05) is 12.1 Å². The number of carbonyl (C=O) groups is 1. The van der Waals surface area contributed by atoms with E-state index in [9.17, 15) is 9.18 Å². The summed E-state index contributed by atoms with van der Waals surface area (Å²) in [6.07, 6.45) is 0.507. The van der Waals surface area contributed by atoms with E-state index in [0.29, 0.717) is 0 Å². The standard InChI is InChI=1S/C16H17ClFN3O3/c1-16(2,3)24-15(22)21(14-8-13(17)19-9-20-14)11-6-5-10(18)7-12(11)23-4/h5-9H,1-4H3. The number of benzene rings is 1. The first kappa shape index (κ1) is 17.9. The number of carbonyl (C=O) groups excluding carboxylic acids is 1. The van der Waals surface area contributed by atoms with Gasteiger partial charge < -0.3 is 9.47 Å². The van der Waals surface area contributed by atoms with Crippen LogP contribution in [-0.4, -0.2) is 28.8 Å². The molecule has 0 atom stereocenters. The number of ether oxygens (including phenoxy) is 2. The number of methoxy groups -OCH3 is 1. The highest BCUT2D eigenvalue weighted by molar-refractivity contribution is 6.29. The summed E-state index contributed by atoms with van der Waals surface area (Å²) < 4.78 is 24.1. The molecule has 0 radical (unpaired) electrons. The Balaban J connectivity index is 2.57. The van der Waals surface area contributed by atoms with E-state index in [2.05, 4.69) is 9.97 Å². The first-order valence-corrected chi connectivity index (χ1v) is 7.43. The van der Waals surface area contributed by atoms with Crippen molar-refractivity contribution in [1.82, 2.24) is 9.97 Å². The van der Waals surface area contributed by atoms with Crippen LogP contribution in [0.5, 0.6) is 5.75 Å². The number of halogens is 2. The molecule has 1 aromatic carbocycles. The molecular formula is C16H17ClFN3O3. The Labute approximate surface area is 144 Å². The molecule has 0 spiro atoms. The number of hydrogen-bond acceptors (Lipinski definition) is 5. The minimum atomic E-state index is -0.737. The zero-order valence-corrected chi connectivity index (χ0v) is 14.5. The van der Waals surface area contributed by atoms with Crippen LogP contribution in [-0.2, 0) is 4.74 Å². The van der Waals surface area contributed by atoms with Crippen LogP contribution in [0.1, 0.15) is 20.8 Å². The molecule has 0 aliphatic carbocycles. The summed E-state index contributed by atoms with van der Waals surface area (Å²) in [6, 6.07) is 5.16. The van der Waals surface area contributed by atoms with Gasteiger partial charge in [0.2, 0.25) is 0 Å². The Kier molecular flexibility index (Phi) is 5.23. The molecule has 128 valence electrons. The Hall–Kier alpha value is -2.41. The lowest BCUT2D eigenvalue weighted by Gasteiger charge is -2.27. The van der Waals surface area contributed by atoms with Gasteiger partial charge >= 0.3 is 6.09 Å². The Morgan fingerprint density at radius 1 is 1.25 bits per heavy atom. The second kappa shape index (κ2) is 7.00. The Morgan fingerprint density at radius 3 is 2.54 bits per heavy atom. The minimum Gasteiger partial charge on any atom is -0.494 e. The van der Waals surface area contributed by atoms with Gasteiger partial charge in [-0.25, -0.2) is 24.1 Å². The lowest BCUT2D eigenvalue weighted by atomic mass is 10.2. The minimum absolute atomic E-state index is 0.148. The molecular weight excluding hydrogens is 337 g/mol. The maximum atomic E-state index is 13.5. The first-order chi connectivity index (χ1) is 11.2. The third-order valence-electron chi connectivity index (χ3n) is 2.81. The van der Waals surface area contributed by atoms with Crippen LogP contribution in [0, 0.1) is 5.82 Å². The number of amides is 1. The summed E-state index contributed by atoms with van der Waals surface area (Å²) in [5.74, 6) is -0.176. The van der Waals surface area contributed by atoms with E-state index in [1.807, 2.05) is 0 Å². The molecule has 0 bridgehead atoms. The van der Waals surface area contributed by atoms with Gasteiger partial charge in [-0.3, -0.25) is 0 Å². The second-order valence-electron chi connectivity index (χ2n) is 5.83. The summed E-state index contributed by atoms with van der Waals surface area (Å²) in [5, 5.41) is 0.148. The van der Waals surface area contributed by atoms with E-state index in [1.165, 1.54) is 31.6 Å². The smallest absolute Gasteiger partial charge is 0.420 e. The molecule has 0 aliphatic rings. The SMILES string of the molecule is COc1cc(F)ccc1N(C(=O)OC(C)(C)C)c1cc(Cl)ncn1. The molecule has 0 N–H and O–H groups in total. The quantitative estimate of drug-likeness (QED) is 0.767. The molecule has 2 aromatic rings. The van der Waals surface area contributed by atoms with Crippen LogP contribution in [0.3, 0.4) is 0 Å². The summed E-state index contributed by atoms with van der Waals surface area (Å²) in [7, 11) is 1.37. The normalized spacial score (nSPS) is 11.1. The van der Waals surface area contributed by atoms with Gasteiger partial charge in [-0.2, -0.15) is 0 Å². The average molecular weight is 354 g/mol. The van der Waals surface area contributed by atoms with Crippen molar-refractivity contribution < 1.29 is 18.7 Å². The third-order valence-corrected chi connectivity index (χ3v) is 3.01. The highest BCUT2D eigenvalue weighted by atomic mass is 35.5. The van der Waals surface area contributed by atoms with Crippen molar-refractivity contribution in [2.45, 2.75) is 26.4 Å². The van der Waals surface area contributed by atoms with E-state index in [4.69, 9.17) is 21.1 Å². The van der Waals surface area contributed by atoms with Gasteiger partial charge in [-0.05, 0) is 32.9 Å². The van der Waals surface area contributed by atoms with E-state index in [-0.39, 0.29) is 22.4 Å². The van der Waals surface area contributed by atoms with E-state index in [1.54, 1.807) is 20.8 Å². The topological polar surface area (TPSA) is 64.5 Å². The summed E-state index contributed by atoms with van der Waals surface area (Å²) >= 11 is 5.89. The molecule has 24 heavy (non-hydrogen) atoms. The first-order valence-electron chi connectivity index (χ1n) is 7.05. The van der Waals surface area contributed by atoms with Crippen molar-refractivity contribution in [2.24, 2.45) is 0 Å². The van der Waals surface area contributed by atoms with Crippen LogP contribution < -0.4 is 9.64 Å². The van der Waals surface area contributed by atoms with Gasteiger partial charge in [-0.15, -0.1) is 0 Å². The van der Waals surface area contributed by atoms with Gasteiger partial charge in [-0.1, -0.05) is 11.6 Å². The summed E-state index contributed by atoms with van der Waals surface area (Å²) in [4.78, 5) is 21.7. The second-order valence-corrected chi connectivity index (χ2v) is 6.22. The fourth-order valence-corrected chi connectivity index (χ4v) is 2.05. The van der Waals surface area contributed by atoms with Crippen molar-refractivity contribution >= 4 is 29.2 Å². The van der Waals surface area contributed by atoms with Crippen molar-refractivity contribution in [3.8, 4) is 5.75 Å². The number of anilines is 2. The fraction of sp³-hybridized carbons (Fsp3) is 0.312. The number of rotatable bonds is 3. The number of aromatic nitrogens is 2. The summed E-state index contributed by atoms with van der Waals surface area (Å²) in [5.41, 5.74) is -0.470. The molecule has 0 fully saturated rings. The molecule has 0 saturated heterocycles. The van der Waals surface area contributed by atoms with E-state index >= 15 is 0 Å². The van der Waals surface area contributed by atoms with Gasteiger partial charge in [0.25, 0.3) is 0 Å². The van der Waals surface area contributed by atoms with Gasteiger partial charge in [0.15, 0.2) is 0 Å². The summed E-state index contributed by atoms with van der Waals surface area (Å²) in [6.45, 7) is 5.20. The Bertz CT molecular complexity index is 750. The predicted octanol–water partition coefficient (Wildman–Crippen LogP) is 4.35. The number of hydrogen-bond donors (Lipinski definition) is 0. The van der Waals surface area contributed by atoms with Crippen LogP contribution in [0.25, 0.3) is 0 Å². The van der Waals surface area contributed by atoms with Crippen molar-refractivity contribution in [3.05, 3.63) is 41.6 Å². The molecule has 8 heteroatoms. The lowest BCUT2D eigenvalue weighted by Crippen LogP contribution is -2.34. The van der Waals surface area contributed by atoms with Gasteiger partial charge in [0.05, 0.1) is 12.8 Å². The highest BCUT2D eigenvalue weighted by Crippen LogP contribution is 2.35. The third kappa shape index (κ3) is 4.32. The van der Waals surface area contributed by atoms with E-state index < -0.39 is 17.5 Å². The monoisotopic (exact) mass is 353 g/mol. The molecule has 1 heterocycles. The number of nitrogens with zero attached hydrogens (tertiary/aromatic N) is 3. The molecule has 0 unspecified atom stereocenters. The molecule has 6 nitrogen and oxygen atoms in total. The van der Waals surface area contributed by atoms with Crippen LogP contribution in [0.4, 0.5) is 20.7 Å².